The quantitative estimate of drug-likeness (QED) is 0.570. The van der Waals surface area contributed by atoms with Crippen LogP contribution < -0.4 is 20.3 Å². The second kappa shape index (κ2) is 8.27. The van der Waals surface area contributed by atoms with Gasteiger partial charge in [0.1, 0.15) is 0 Å². The summed E-state index contributed by atoms with van der Waals surface area (Å²) in [5, 5.41) is 3.40. The molecular formula is C18H21N3O4S. The number of carbonyl (C=O) groups excluding carboxylic acids is 1. The first-order valence-corrected chi connectivity index (χ1v) is 9.45. The molecule has 1 aliphatic heterocycles. The van der Waals surface area contributed by atoms with Gasteiger partial charge in [-0.3, -0.25) is 9.59 Å². The lowest BCUT2D eigenvalue weighted by Gasteiger charge is -2.14. The predicted octanol–water partition coefficient (Wildman–Crippen LogP) is 2.42. The Balaban J connectivity index is 1.56. The number of aromatic amines is 1. The van der Waals surface area contributed by atoms with Gasteiger partial charge in [0, 0.05) is 11.8 Å². The lowest BCUT2D eigenvalue weighted by molar-refractivity contribution is -0.119. The highest BCUT2D eigenvalue weighted by molar-refractivity contribution is 7.99. The van der Waals surface area contributed by atoms with Crippen LogP contribution in [0, 0.1) is 0 Å². The van der Waals surface area contributed by atoms with E-state index in [-0.39, 0.29) is 30.1 Å². The fourth-order valence-electron chi connectivity index (χ4n) is 2.62. The first kappa shape index (κ1) is 18.3. The number of H-pyrrole nitrogens is 1. The van der Waals surface area contributed by atoms with Crippen molar-refractivity contribution in [3.05, 3.63) is 45.9 Å². The number of aryl methyl sites for hydroxylation is 1. The van der Waals surface area contributed by atoms with Gasteiger partial charge >= 0.3 is 0 Å². The molecule has 0 bridgehead atoms. The summed E-state index contributed by atoms with van der Waals surface area (Å²) >= 11 is 1.22. The Hall–Kier alpha value is -2.48. The smallest absolute Gasteiger partial charge is 0.251 e. The largest absolute Gasteiger partial charge is 0.454 e. The fourth-order valence-corrected chi connectivity index (χ4v) is 3.32. The number of carbonyl (C=O) groups is 1. The molecular weight excluding hydrogens is 354 g/mol. The second-order valence-electron chi connectivity index (χ2n) is 5.98. The monoisotopic (exact) mass is 375 g/mol. The molecule has 2 heterocycles. The van der Waals surface area contributed by atoms with Crippen molar-refractivity contribution in [2.24, 2.45) is 0 Å². The van der Waals surface area contributed by atoms with Crippen LogP contribution in [0.5, 0.6) is 11.5 Å². The number of rotatable bonds is 7. The zero-order valence-electron chi connectivity index (χ0n) is 14.7. The Morgan fingerprint density at radius 1 is 1.35 bits per heavy atom. The molecule has 1 amide bonds. The zero-order valence-corrected chi connectivity index (χ0v) is 15.5. The summed E-state index contributed by atoms with van der Waals surface area (Å²) in [6, 6.07) is 6.93. The molecule has 0 saturated carbocycles. The van der Waals surface area contributed by atoms with Crippen LogP contribution in [0.2, 0.25) is 0 Å². The maximum atomic E-state index is 12.2. The van der Waals surface area contributed by atoms with Crippen LogP contribution in [0.4, 0.5) is 0 Å². The van der Waals surface area contributed by atoms with Gasteiger partial charge in [-0.25, -0.2) is 4.98 Å². The molecule has 1 aromatic carbocycles. The Bertz CT molecular complexity index is 853. The molecule has 1 unspecified atom stereocenters. The number of nitrogens with one attached hydrogen (secondary N) is 2. The number of amides is 1. The van der Waals surface area contributed by atoms with Crippen LogP contribution in [0.15, 0.2) is 34.2 Å². The maximum absolute atomic E-state index is 12.2. The molecule has 0 saturated heterocycles. The summed E-state index contributed by atoms with van der Waals surface area (Å²) in [6.45, 7) is 4.15. The van der Waals surface area contributed by atoms with Crippen LogP contribution in [0.1, 0.15) is 37.6 Å². The molecule has 1 aromatic heterocycles. The molecule has 8 heteroatoms. The van der Waals surface area contributed by atoms with Crippen LogP contribution >= 0.6 is 11.8 Å². The molecule has 0 fully saturated rings. The van der Waals surface area contributed by atoms with Crippen molar-refractivity contribution >= 4 is 17.7 Å². The van der Waals surface area contributed by atoms with E-state index in [1.807, 2.05) is 32.0 Å². The molecule has 26 heavy (non-hydrogen) atoms. The van der Waals surface area contributed by atoms with Gasteiger partial charge in [0.05, 0.1) is 11.8 Å². The molecule has 3 rings (SSSR count). The third kappa shape index (κ3) is 4.57. The fraction of sp³-hybridized carbons (Fsp3) is 0.389. The van der Waals surface area contributed by atoms with Crippen LogP contribution in [0.3, 0.4) is 0 Å². The van der Waals surface area contributed by atoms with E-state index in [0.717, 1.165) is 24.1 Å². The minimum absolute atomic E-state index is 0.135. The van der Waals surface area contributed by atoms with Gasteiger partial charge in [-0.05, 0) is 31.0 Å². The summed E-state index contributed by atoms with van der Waals surface area (Å²) in [6.07, 6.45) is 1.65. The molecule has 2 N–H and O–H groups in total. The van der Waals surface area contributed by atoms with Crippen LogP contribution in [0.25, 0.3) is 0 Å². The zero-order chi connectivity index (χ0) is 18.5. The van der Waals surface area contributed by atoms with Crippen LogP contribution in [-0.2, 0) is 11.2 Å². The van der Waals surface area contributed by atoms with Crippen molar-refractivity contribution in [2.75, 3.05) is 12.5 Å². The van der Waals surface area contributed by atoms with Crippen molar-refractivity contribution in [3.8, 4) is 11.5 Å². The summed E-state index contributed by atoms with van der Waals surface area (Å²) in [7, 11) is 0. The molecule has 1 aliphatic rings. The number of ether oxygens (including phenoxy) is 2. The van der Waals surface area contributed by atoms with Crippen molar-refractivity contribution in [3.63, 3.8) is 0 Å². The Morgan fingerprint density at radius 3 is 2.96 bits per heavy atom. The second-order valence-corrected chi connectivity index (χ2v) is 6.95. The van der Waals surface area contributed by atoms with Gasteiger partial charge in [-0.1, -0.05) is 31.2 Å². The van der Waals surface area contributed by atoms with Crippen molar-refractivity contribution in [2.45, 2.75) is 37.9 Å². The summed E-state index contributed by atoms with van der Waals surface area (Å²) in [5.74, 6) is 1.44. The van der Waals surface area contributed by atoms with Crippen molar-refractivity contribution in [1.29, 1.82) is 0 Å². The Morgan fingerprint density at radius 2 is 2.15 bits per heavy atom. The average Bonchev–Trinajstić information content (AvgIpc) is 3.07. The lowest BCUT2D eigenvalue weighted by atomic mass is 10.1. The highest BCUT2D eigenvalue weighted by Crippen LogP contribution is 2.34. The first-order valence-electron chi connectivity index (χ1n) is 8.47. The van der Waals surface area contributed by atoms with E-state index in [1.165, 1.54) is 17.8 Å². The third-order valence-electron chi connectivity index (χ3n) is 3.89. The Kier molecular flexibility index (Phi) is 5.82. The highest BCUT2D eigenvalue weighted by atomic mass is 32.2. The summed E-state index contributed by atoms with van der Waals surface area (Å²) < 4.78 is 10.7. The van der Waals surface area contributed by atoms with Gasteiger partial charge in [0.25, 0.3) is 5.56 Å². The highest BCUT2D eigenvalue weighted by Gasteiger charge is 2.17. The van der Waals surface area contributed by atoms with Gasteiger partial charge in [0.15, 0.2) is 16.7 Å². The summed E-state index contributed by atoms with van der Waals surface area (Å²) in [5.41, 5.74) is 1.48. The van der Waals surface area contributed by atoms with E-state index in [2.05, 4.69) is 15.3 Å². The van der Waals surface area contributed by atoms with E-state index in [0.29, 0.717) is 16.7 Å². The van der Waals surface area contributed by atoms with E-state index in [9.17, 15) is 9.59 Å². The number of nitrogens with zero attached hydrogens (tertiary/aromatic N) is 1. The van der Waals surface area contributed by atoms with Gasteiger partial charge in [-0.15, -0.1) is 0 Å². The lowest BCUT2D eigenvalue weighted by Crippen LogP contribution is -2.28. The minimum atomic E-state index is -0.194. The standard InChI is InChI=1S/C18H21N3O4S/c1-3-4-13-8-16(22)21-18(20-13)26-9-17(23)19-11(2)12-5-6-14-15(7-12)25-10-24-14/h5-8,11H,3-4,9-10H2,1-2H3,(H,19,23)(H,20,21,22). The number of hydrogen-bond donors (Lipinski definition) is 2. The number of hydrogen-bond acceptors (Lipinski definition) is 6. The molecule has 0 radical (unpaired) electrons. The third-order valence-corrected chi connectivity index (χ3v) is 4.77. The predicted molar refractivity (Wildman–Crippen MR) is 98.7 cm³/mol. The number of benzene rings is 1. The molecule has 0 aliphatic carbocycles. The number of fused-ring (bicyclic) bond motifs is 1. The van der Waals surface area contributed by atoms with E-state index < -0.39 is 0 Å². The van der Waals surface area contributed by atoms with E-state index >= 15 is 0 Å². The van der Waals surface area contributed by atoms with Gasteiger partial charge < -0.3 is 19.8 Å². The molecule has 7 nitrogen and oxygen atoms in total. The SMILES string of the molecule is CCCc1cc(=O)[nH]c(SCC(=O)NC(C)c2ccc3c(c2)OCO3)n1. The minimum Gasteiger partial charge on any atom is -0.454 e. The average molecular weight is 375 g/mol. The molecule has 138 valence electrons. The van der Waals surface area contributed by atoms with E-state index in [4.69, 9.17) is 9.47 Å². The van der Waals surface area contributed by atoms with Gasteiger partial charge in [-0.2, -0.15) is 0 Å². The number of thioether (sulfide) groups is 1. The topological polar surface area (TPSA) is 93.3 Å². The van der Waals surface area contributed by atoms with Crippen molar-refractivity contribution in [1.82, 2.24) is 15.3 Å². The first-order chi connectivity index (χ1) is 12.5. The van der Waals surface area contributed by atoms with Gasteiger partial charge in [0.2, 0.25) is 12.7 Å². The Labute approximate surface area is 155 Å². The number of aromatic nitrogens is 2. The molecule has 1 atom stereocenters. The molecule has 2 aromatic rings. The normalized spacial score (nSPS) is 13.5. The summed E-state index contributed by atoms with van der Waals surface area (Å²) in [4.78, 5) is 30.9. The molecule has 0 spiro atoms. The van der Waals surface area contributed by atoms with Crippen molar-refractivity contribution < 1.29 is 14.3 Å². The van der Waals surface area contributed by atoms with E-state index in [1.54, 1.807) is 0 Å². The van der Waals surface area contributed by atoms with Crippen LogP contribution in [-0.4, -0.2) is 28.4 Å². The maximum Gasteiger partial charge on any atom is 0.251 e.